The summed E-state index contributed by atoms with van der Waals surface area (Å²) < 4.78 is 27.4. The van der Waals surface area contributed by atoms with Crippen LogP contribution in [0.1, 0.15) is 25.7 Å². The zero-order valence-electron chi connectivity index (χ0n) is 13.1. The van der Waals surface area contributed by atoms with Crippen LogP contribution in [0, 0.1) is 0 Å². The molecular formula is C14H24N6O2S. The summed E-state index contributed by atoms with van der Waals surface area (Å²) in [5.41, 5.74) is 11.8. The monoisotopic (exact) mass is 340 g/mol. The van der Waals surface area contributed by atoms with Crippen molar-refractivity contribution >= 4 is 21.7 Å². The van der Waals surface area contributed by atoms with Gasteiger partial charge < -0.3 is 11.5 Å². The Kier molecular flexibility index (Phi) is 5.45. The first-order valence-electron chi connectivity index (χ1n) is 7.47. The van der Waals surface area contributed by atoms with Crippen LogP contribution in [-0.4, -0.2) is 38.5 Å². The number of hydrogen-bond acceptors (Lipinski definition) is 5. The maximum atomic E-state index is 12.3. The Hall–Kier alpha value is -1.84. The molecule has 1 aromatic carbocycles. The van der Waals surface area contributed by atoms with Crippen LogP contribution >= 0.6 is 0 Å². The molecule has 1 fully saturated rings. The first kappa shape index (κ1) is 17.5. The van der Waals surface area contributed by atoms with E-state index >= 15 is 0 Å². The van der Waals surface area contributed by atoms with Gasteiger partial charge in [0.1, 0.15) is 0 Å². The highest BCUT2D eigenvalue weighted by Crippen LogP contribution is 2.23. The molecule has 0 unspecified atom stereocenters. The van der Waals surface area contributed by atoms with Crippen molar-refractivity contribution in [3.8, 4) is 0 Å². The highest BCUT2D eigenvalue weighted by atomic mass is 32.2. The van der Waals surface area contributed by atoms with Crippen molar-refractivity contribution in [2.75, 3.05) is 12.8 Å². The largest absolute Gasteiger partial charge is 0.399 e. The van der Waals surface area contributed by atoms with E-state index in [4.69, 9.17) is 17.3 Å². The lowest BCUT2D eigenvalue weighted by molar-refractivity contribution is 0.371. The van der Waals surface area contributed by atoms with Gasteiger partial charge in [-0.2, -0.15) is 0 Å². The normalized spacial score (nSPS) is 22.8. The average Bonchev–Trinajstić information content (AvgIpc) is 2.49. The summed E-state index contributed by atoms with van der Waals surface area (Å²) in [4.78, 5) is 4.56. The van der Waals surface area contributed by atoms with Gasteiger partial charge in [-0.3, -0.25) is 5.01 Å². The summed E-state index contributed by atoms with van der Waals surface area (Å²) >= 11 is 0. The molecule has 0 spiro atoms. The number of benzene rings is 1. The fourth-order valence-corrected chi connectivity index (χ4v) is 3.84. The summed E-state index contributed by atoms with van der Waals surface area (Å²) in [5, 5.41) is 1.27. The average molecular weight is 340 g/mol. The number of hydrazine groups is 1. The summed E-state index contributed by atoms with van der Waals surface area (Å²) in [5.74, 6) is 5.80. The van der Waals surface area contributed by atoms with Gasteiger partial charge >= 0.3 is 0 Å². The van der Waals surface area contributed by atoms with E-state index in [1.54, 1.807) is 19.2 Å². The summed E-state index contributed by atoms with van der Waals surface area (Å²) in [7, 11) is -1.89. The molecule has 1 aromatic rings. The van der Waals surface area contributed by atoms with Crippen LogP contribution in [0.15, 0.2) is 34.2 Å². The molecule has 7 N–H and O–H groups in total. The third-order valence-corrected chi connectivity index (χ3v) is 5.42. The number of nitrogen functional groups attached to an aromatic ring is 1. The summed E-state index contributed by atoms with van der Waals surface area (Å²) in [6.45, 7) is 0. The van der Waals surface area contributed by atoms with Crippen LogP contribution in [0.3, 0.4) is 0 Å². The molecule has 1 aliphatic carbocycles. The molecule has 0 bridgehead atoms. The Labute approximate surface area is 136 Å². The lowest BCUT2D eigenvalue weighted by atomic mass is 9.92. The zero-order valence-corrected chi connectivity index (χ0v) is 14.0. The molecular weight excluding hydrogens is 316 g/mol. The van der Waals surface area contributed by atoms with Gasteiger partial charge in [0.25, 0.3) is 0 Å². The first-order chi connectivity index (χ1) is 10.8. The van der Waals surface area contributed by atoms with Crippen LogP contribution < -0.4 is 22.0 Å². The molecule has 0 aliphatic heterocycles. The SMILES string of the molecule is CN(N)C(N)=NC1CCC(NS(=O)(=O)c2ccc(N)cc2)CC1. The number of guanidine groups is 1. The van der Waals surface area contributed by atoms with Crippen LogP contribution in [0.4, 0.5) is 5.69 Å². The lowest BCUT2D eigenvalue weighted by Crippen LogP contribution is -2.42. The van der Waals surface area contributed by atoms with E-state index in [-0.39, 0.29) is 22.9 Å². The number of anilines is 1. The Morgan fingerprint density at radius 3 is 2.30 bits per heavy atom. The van der Waals surface area contributed by atoms with Gasteiger partial charge in [-0.15, -0.1) is 0 Å². The fourth-order valence-electron chi connectivity index (χ4n) is 2.54. The van der Waals surface area contributed by atoms with Gasteiger partial charge in [0, 0.05) is 18.8 Å². The second kappa shape index (κ2) is 7.16. The fraction of sp³-hybridized carbons (Fsp3) is 0.500. The molecule has 23 heavy (non-hydrogen) atoms. The molecule has 8 nitrogen and oxygen atoms in total. The van der Waals surface area contributed by atoms with E-state index in [1.807, 2.05) is 0 Å². The predicted octanol–water partition coefficient (Wildman–Crippen LogP) is -0.0215. The molecule has 0 aromatic heterocycles. The Balaban J connectivity index is 1.93. The van der Waals surface area contributed by atoms with E-state index < -0.39 is 10.0 Å². The minimum absolute atomic E-state index is 0.0817. The van der Waals surface area contributed by atoms with Gasteiger partial charge in [0.05, 0.1) is 10.9 Å². The van der Waals surface area contributed by atoms with E-state index in [0.717, 1.165) is 12.8 Å². The van der Waals surface area contributed by atoms with Crippen molar-refractivity contribution < 1.29 is 8.42 Å². The van der Waals surface area contributed by atoms with Gasteiger partial charge in [0.2, 0.25) is 16.0 Å². The third-order valence-electron chi connectivity index (χ3n) is 3.89. The predicted molar refractivity (Wildman–Crippen MR) is 90.8 cm³/mol. The molecule has 0 heterocycles. The quantitative estimate of drug-likeness (QED) is 0.200. The van der Waals surface area contributed by atoms with Crippen molar-refractivity contribution in [1.29, 1.82) is 0 Å². The minimum Gasteiger partial charge on any atom is -0.399 e. The van der Waals surface area contributed by atoms with Crippen molar-refractivity contribution in [3.63, 3.8) is 0 Å². The van der Waals surface area contributed by atoms with E-state index in [9.17, 15) is 8.42 Å². The first-order valence-corrected chi connectivity index (χ1v) is 8.96. The van der Waals surface area contributed by atoms with E-state index in [1.165, 1.54) is 17.1 Å². The third kappa shape index (κ3) is 4.81. The van der Waals surface area contributed by atoms with Gasteiger partial charge in [-0.25, -0.2) is 24.0 Å². The van der Waals surface area contributed by atoms with E-state index in [2.05, 4.69) is 9.71 Å². The molecule has 2 rings (SSSR count). The van der Waals surface area contributed by atoms with E-state index in [0.29, 0.717) is 18.5 Å². The summed E-state index contributed by atoms with van der Waals surface area (Å²) in [6.07, 6.45) is 2.96. The van der Waals surface area contributed by atoms with Crippen LogP contribution in [0.25, 0.3) is 0 Å². The maximum absolute atomic E-state index is 12.3. The molecule has 9 heteroatoms. The molecule has 1 aliphatic rings. The van der Waals surface area contributed by atoms with Gasteiger partial charge in [0.15, 0.2) is 0 Å². The van der Waals surface area contributed by atoms with Gasteiger partial charge in [-0.1, -0.05) is 0 Å². The zero-order chi connectivity index (χ0) is 17.0. The minimum atomic E-state index is -3.52. The molecule has 1 saturated carbocycles. The highest BCUT2D eigenvalue weighted by Gasteiger charge is 2.25. The maximum Gasteiger partial charge on any atom is 0.240 e. The number of nitrogens with one attached hydrogen (secondary N) is 1. The standard InChI is InChI=1S/C14H24N6O2S/c1-20(17)14(16)18-11-4-6-12(7-5-11)19-23(21,22)13-8-2-10(15)3-9-13/h2-3,8-9,11-12,19H,4-7,15,17H2,1H3,(H2,16,18). The second-order valence-corrected chi connectivity index (χ2v) is 7.51. The van der Waals surface area contributed by atoms with Gasteiger partial charge in [-0.05, 0) is 49.9 Å². The highest BCUT2D eigenvalue weighted by molar-refractivity contribution is 7.89. The number of nitrogens with two attached hydrogens (primary N) is 3. The number of nitrogens with zero attached hydrogens (tertiary/aromatic N) is 2. The molecule has 0 radical (unpaired) electrons. The van der Waals surface area contributed by atoms with Crippen molar-refractivity contribution in [2.45, 2.75) is 42.7 Å². The smallest absolute Gasteiger partial charge is 0.240 e. The molecule has 0 amide bonds. The Bertz CT molecular complexity index is 648. The van der Waals surface area contributed by atoms with Crippen molar-refractivity contribution in [2.24, 2.45) is 16.6 Å². The molecule has 128 valence electrons. The molecule has 0 saturated heterocycles. The topological polar surface area (TPSA) is 140 Å². The lowest BCUT2D eigenvalue weighted by Gasteiger charge is -2.27. The van der Waals surface area contributed by atoms with Crippen molar-refractivity contribution in [1.82, 2.24) is 9.73 Å². The number of aliphatic imine (C=N–C) groups is 1. The Morgan fingerprint density at radius 2 is 1.78 bits per heavy atom. The summed E-state index contributed by atoms with van der Waals surface area (Å²) in [6, 6.07) is 6.15. The van der Waals surface area contributed by atoms with Crippen LogP contribution in [0.5, 0.6) is 0 Å². The molecule has 0 atom stereocenters. The van der Waals surface area contributed by atoms with Crippen molar-refractivity contribution in [3.05, 3.63) is 24.3 Å². The van der Waals surface area contributed by atoms with Crippen LogP contribution in [0.2, 0.25) is 0 Å². The van der Waals surface area contributed by atoms with Crippen LogP contribution in [-0.2, 0) is 10.0 Å². The number of rotatable bonds is 4. The number of hydrogen-bond donors (Lipinski definition) is 4. The second-order valence-electron chi connectivity index (χ2n) is 5.79. The Morgan fingerprint density at radius 1 is 1.22 bits per heavy atom. The number of sulfonamides is 1.